The molecule has 3 N–H and O–H groups in total. The molecule has 9 heteroatoms. The number of anilines is 2. The minimum Gasteiger partial charge on any atom is -0.366 e. The molecule has 1 atom stereocenters. The largest absolute Gasteiger partial charge is 0.366 e. The van der Waals surface area contributed by atoms with Gasteiger partial charge in [0.25, 0.3) is 5.56 Å². The van der Waals surface area contributed by atoms with Crippen molar-refractivity contribution in [3.63, 3.8) is 0 Å². The summed E-state index contributed by atoms with van der Waals surface area (Å²) in [5.41, 5.74) is 3.30. The minimum absolute atomic E-state index is 0.166. The molecule has 0 bridgehead atoms. The van der Waals surface area contributed by atoms with Crippen molar-refractivity contribution in [3.8, 4) is 0 Å². The topological polar surface area (TPSA) is 108 Å². The molecule has 5 heterocycles. The lowest BCUT2D eigenvalue weighted by molar-refractivity contribution is -0.0591. The molecule has 0 amide bonds. The minimum atomic E-state index is -0.572. The molecule has 0 aliphatic carbocycles. The summed E-state index contributed by atoms with van der Waals surface area (Å²) < 4.78 is 6.04. The van der Waals surface area contributed by atoms with E-state index in [1.54, 1.807) is 12.4 Å². The number of pyridine rings is 2. The number of H-pyrrole nitrogens is 1. The molecule has 0 radical (unpaired) electrons. The summed E-state index contributed by atoms with van der Waals surface area (Å²) in [4.78, 5) is 31.5. The van der Waals surface area contributed by atoms with Crippen LogP contribution in [-0.2, 0) is 23.3 Å². The van der Waals surface area contributed by atoms with Gasteiger partial charge >= 0.3 is 0 Å². The van der Waals surface area contributed by atoms with Crippen LogP contribution in [0.15, 0.2) is 29.3 Å². The number of nitrogens with zero attached hydrogens (tertiary/aromatic N) is 4. The first-order valence-corrected chi connectivity index (χ1v) is 10.2. The molecule has 0 aromatic carbocycles. The summed E-state index contributed by atoms with van der Waals surface area (Å²) in [5, 5.41) is 7.34. The zero-order valence-corrected chi connectivity index (χ0v) is 17.2. The Morgan fingerprint density at radius 1 is 1.33 bits per heavy atom. The maximum atomic E-state index is 12.6. The molecule has 2 aliphatic heterocycles. The van der Waals surface area contributed by atoms with E-state index < -0.39 is 5.60 Å². The second-order valence-electron chi connectivity index (χ2n) is 8.18. The second-order valence-corrected chi connectivity index (χ2v) is 8.18. The molecule has 0 saturated carbocycles. The molecule has 1 fully saturated rings. The first-order chi connectivity index (χ1) is 14.5. The Morgan fingerprint density at radius 2 is 2.23 bits per heavy atom. The number of hydrogen-bond acceptors (Lipinski definition) is 8. The summed E-state index contributed by atoms with van der Waals surface area (Å²) in [6.07, 6.45) is 4.34. The second kappa shape index (κ2) is 7.42. The molecule has 0 spiro atoms. The normalized spacial score (nSPS) is 22.1. The summed E-state index contributed by atoms with van der Waals surface area (Å²) in [6.45, 7) is 5.85. The standard InChI is InChI=1S/C21H25N7O2/c1-21(12-22-6-8-30-21)18-17-13(3-5-23-18)10-24-20(27-17)26-16-9-14-11-28(2)7-4-15(14)25-19(16)29/h3,5,9-10,22H,4,6-8,11-12H2,1-2H3,(H,25,29)(H,24,26,27). The van der Waals surface area contributed by atoms with Gasteiger partial charge in [0.05, 0.1) is 12.3 Å². The van der Waals surface area contributed by atoms with Crippen LogP contribution in [0, 0.1) is 0 Å². The third-order valence-electron chi connectivity index (χ3n) is 5.81. The van der Waals surface area contributed by atoms with E-state index >= 15 is 0 Å². The predicted octanol–water partition coefficient (Wildman–Crippen LogP) is 1.28. The molecule has 156 valence electrons. The van der Waals surface area contributed by atoms with Crippen molar-refractivity contribution in [1.82, 2.24) is 30.2 Å². The molecule has 9 nitrogen and oxygen atoms in total. The highest BCUT2D eigenvalue weighted by Crippen LogP contribution is 2.30. The van der Waals surface area contributed by atoms with Crippen LogP contribution in [-0.4, -0.2) is 58.1 Å². The third kappa shape index (κ3) is 3.45. The smallest absolute Gasteiger partial charge is 0.271 e. The maximum Gasteiger partial charge on any atom is 0.271 e. The molecular formula is C21H25N7O2. The van der Waals surface area contributed by atoms with E-state index in [2.05, 4.69) is 37.5 Å². The quantitative estimate of drug-likeness (QED) is 0.596. The Labute approximate surface area is 173 Å². The van der Waals surface area contributed by atoms with Gasteiger partial charge in [0, 0.05) is 56.1 Å². The Morgan fingerprint density at radius 3 is 3.07 bits per heavy atom. The van der Waals surface area contributed by atoms with Gasteiger partial charge in [-0.25, -0.2) is 9.97 Å². The van der Waals surface area contributed by atoms with Crippen molar-refractivity contribution >= 4 is 22.5 Å². The fourth-order valence-corrected chi connectivity index (χ4v) is 4.14. The predicted molar refractivity (Wildman–Crippen MR) is 114 cm³/mol. The highest BCUT2D eigenvalue weighted by molar-refractivity contribution is 5.81. The van der Waals surface area contributed by atoms with Gasteiger partial charge in [-0.3, -0.25) is 9.78 Å². The van der Waals surface area contributed by atoms with E-state index in [1.165, 1.54) is 0 Å². The van der Waals surface area contributed by atoms with E-state index in [-0.39, 0.29) is 5.56 Å². The highest BCUT2D eigenvalue weighted by Gasteiger charge is 2.33. The lowest BCUT2D eigenvalue weighted by Crippen LogP contribution is -2.46. The number of fused-ring (bicyclic) bond motifs is 2. The van der Waals surface area contributed by atoms with Crippen molar-refractivity contribution in [2.24, 2.45) is 0 Å². The van der Waals surface area contributed by atoms with E-state index in [9.17, 15) is 4.79 Å². The molecule has 1 unspecified atom stereocenters. The van der Waals surface area contributed by atoms with Crippen LogP contribution in [0.4, 0.5) is 11.6 Å². The van der Waals surface area contributed by atoms with Crippen LogP contribution in [0.1, 0.15) is 23.9 Å². The number of aromatic amines is 1. The van der Waals surface area contributed by atoms with Crippen molar-refractivity contribution in [2.45, 2.75) is 25.5 Å². The van der Waals surface area contributed by atoms with E-state index in [1.807, 2.05) is 19.1 Å². The molecule has 1 saturated heterocycles. The SMILES string of the molecule is CN1CCc2[nH]c(=O)c(Nc3ncc4ccnc(C5(C)CNCCO5)c4n3)cc2C1. The first-order valence-electron chi connectivity index (χ1n) is 10.2. The summed E-state index contributed by atoms with van der Waals surface area (Å²) in [5.74, 6) is 0.360. The lowest BCUT2D eigenvalue weighted by Gasteiger charge is -2.34. The van der Waals surface area contributed by atoms with Crippen LogP contribution in [0.3, 0.4) is 0 Å². The van der Waals surface area contributed by atoms with E-state index in [0.29, 0.717) is 24.8 Å². The zero-order chi connectivity index (χ0) is 20.7. The van der Waals surface area contributed by atoms with Gasteiger partial charge < -0.3 is 25.3 Å². The molecule has 3 aromatic rings. The number of likely N-dealkylation sites (N-methyl/N-ethyl adjacent to an activating group) is 1. The molecule has 3 aromatic heterocycles. The highest BCUT2D eigenvalue weighted by atomic mass is 16.5. The van der Waals surface area contributed by atoms with Crippen LogP contribution < -0.4 is 16.2 Å². The Kier molecular flexibility index (Phi) is 4.73. The number of rotatable bonds is 3. The van der Waals surface area contributed by atoms with Gasteiger partial charge in [0.15, 0.2) is 0 Å². The fraction of sp³-hybridized carbons (Fsp3) is 0.429. The molecule has 2 aliphatic rings. The van der Waals surface area contributed by atoms with Gasteiger partial charge in [0.1, 0.15) is 16.8 Å². The van der Waals surface area contributed by atoms with E-state index in [0.717, 1.165) is 53.9 Å². The average Bonchev–Trinajstić information content (AvgIpc) is 2.74. The van der Waals surface area contributed by atoms with Crippen molar-refractivity contribution in [2.75, 3.05) is 38.6 Å². The number of ether oxygens (including phenoxy) is 1. The maximum absolute atomic E-state index is 12.6. The summed E-state index contributed by atoms with van der Waals surface area (Å²) in [6, 6.07) is 3.78. The van der Waals surface area contributed by atoms with Crippen molar-refractivity contribution in [3.05, 3.63) is 51.8 Å². The first kappa shape index (κ1) is 19.1. The number of nitrogens with one attached hydrogen (secondary N) is 3. The average molecular weight is 407 g/mol. The van der Waals surface area contributed by atoms with E-state index in [4.69, 9.17) is 9.72 Å². The van der Waals surface area contributed by atoms with Crippen molar-refractivity contribution < 1.29 is 4.74 Å². The van der Waals surface area contributed by atoms with Gasteiger partial charge in [-0.05, 0) is 31.7 Å². The van der Waals surface area contributed by atoms with Gasteiger partial charge in [-0.2, -0.15) is 0 Å². The summed E-state index contributed by atoms with van der Waals surface area (Å²) in [7, 11) is 2.07. The fourth-order valence-electron chi connectivity index (χ4n) is 4.14. The van der Waals surface area contributed by atoms with Crippen molar-refractivity contribution in [1.29, 1.82) is 0 Å². The zero-order valence-electron chi connectivity index (χ0n) is 17.2. The summed E-state index contributed by atoms with van der Waals surface area (Å²) >= 11 is 0. The van der Waals surface area contributed by atoms with Crippen LogP contribution in [0.25, 0.3) is 10.9 Å². The Bertz CT molecular complexity index is 1150. The van der Waals surface area contributed by atoms with Crippen LogP contribution >= 0.6 is 0 Å². The monoisotopic (exact) mass is 407 g/mol. The van der Waals surface area contributed by atoms with Gasteiger partial charge in [-0.1, -0.05) is 0 Å². The Hall–Kier alpha value is -2.88. The van der Waals surface area contributed by atoms with Gasteiger partial charge in [-0.15, -0.1) is 0 Å². The van der Waals surface area contributed by atoms with Crippen LogP contribution in [0.2, 0.25) is 0 Å². The third-order valence-corrected chi connectivity index (χ3v) is 5.81. The number of aromatic nitrogens is 4. The van der Waals surface area contributed by atoms with Crippen LogP contribution in [0.5, 0.6) is 0 Å². The lowest BCUT2D eigenvalue weighted by atomic mass is 9.98. The molecule has 5 rings (SSSR count). The number of morpholine rings is 1. The molecular weight excluding hydrogens is 382 g/mol. The van der Waals surface area contributed by atoms with Gasteiger partial charge in [0.2, 0.25) is 5.95 Å². The number of hydrogen-bond donors (Lipinski definition) is 3. The Balaban J connectivity index is 1.52. The molecule has 30 heavy (non-hydrogen) atoms.